The van der Waals surface area contributed by atoms with Crippen molar-refractivity contribution in [2.24, 2.45) is 5.92 Å². The Bertz CT molecular complexity index is 498. The Labute approximate surface area is 125 Å². The van der Waals surface area contributed by atoms with Crippen LogP contribution in [-0.4, -0.2) is 23.7 Å². The summed E-state index contributed by atoms with van der Waals surface area (Å²) in [6, 6.07) is 4.37. The molecule has 2 amide bonds. The predicted molar refractivity (Wildman–Crippen MR) is 83.8 cm³/mol. The molecule has 0 radical (unpaired) electrons. The van der Waals surface area contributed by atoms with E-state index in [1.807, 2.05) is 0 Å². The predicted octanol–water partition coefficient (Wildman–Crippen LogP) is 3.64. The summed E-state index contributed by atoms with van der Waals surface area (Å²) < 4.78 is 0. The molecular formula is C16H24N2O3. The molecule has 1 rings (SSSR count). The number of amides is 2. The van der Waals surface area contributed by atoms with Gasteiger partial charge >= 0.3 is 12.0 Å². The molecule has 21 heavy (non-hydrogen) atoms. The molecule has 1 aromatic rings. The fraction of sp³-hybridized carbons (Fsp3) is 0.500. The summed E-state index contributed by atoms with van der Waals surface area (Å²) in [7, 11) is 0. The van der Waals surface area contributed by atoms with Crippen LogP contribution < -0.4 is 10.6 Å². The molecule has 0 unspecified atom stereocenters. The maximum absolute atomic E-state index is 11.7. The van der Waals surface area contributed by atoms with E-state index >= 15 is 0 Å². The lowest BCUT2D eigenvalue weighted by atomic mass is 10.1. The van der Waals surface area contributed by atoms with Crippen molar-refractivity contribution in [3.8, 4) is 0 Å². The number of aromatic carboxylic acids is 1. The van der Waals surface area contributed by atoms with Gasteiger partial charge in [-0.2, -0.15) is 0 Å². The Kier molecular flexibility index (Phi) is 6.72. The Morgan fingerprint density at radius 3 is 2.52 bits per heavy atom. The normalized spacial score (nSPS) is 10.5. The first-order valence-corrected chi connectivity index (χ1v) is 7.29. The van der Waals surface area contributed by atoms with Gasteiger partial charge in [0.25, 0.3) is 0 Å². The van der Waals surface area contributed by atoms with Crippen molar-refractivity contribution in [3.05, 3.63) is 29.3 Å². The summed E-state index contributed by atoms with van der Waals surface area (Å²) in [6.45, 7) is 6.78. The average molecular weight is 292 g/mol. The number of anilines is 1. The van der Waals surface area contributed by atoms with Gasteiger partial charge in [0.2, 0.25) is 0 Å². The van der Waals surface area contributed by atoms with Gasteiger partial charge in [0.15, 0.2) is 0 Å². The van der Waals surface area contributed by atoms with E-state index in [0.29, 0.717) is 18.2 Å². The molecule has 0 saturated carbocycles. The Hall–Kier alpha value is -2.04. The van der Waals surface area contributed by atoms with Crippen molar-refractivity contribution in [2.45, 2.75) is 40.0 Å². The first-order valence-electron chi connectivity index (χ1n) is 7.29. The molecule has 5 nitrogen and oxygen atoms in total. The fourth-order valence-corrected chi connectivity index (χ4v) is 1.98. The number of rotatable bonds is 7. The van der Waals surface area contributed by atoms with Gasteiger partial charge in [-0.25, -0.2) is 9.59 Å². The highest BCUT2D eigenvalue weighted by Crippen LogP contribution is 2.16. The maximum Gasteiger partial charge on any atom is 0.335 e. The number of carboxylic acids is 1. The van der Waals surface area contributed by atoms with E-state index in [0.717, 1.165) is 18.4 Å². The molecule has 3 N–H and O–H groups in total. The minimum absolute atomic E-state index is 0.215. The molecule has 0 fully saturated rings. The van der Waals surface area contributed by atoms with E-state index in [4.69, 9.17) is 5.11 Å². The number of hydrogen-bond donors (Lipinski definition) is 3. The lowest BCUT2D eigenvalue weighted by Gasteiger charge is -2.10. The molecule has 0 aromatic heterocycles. The number of benzene rings is 1. The average Bonchev–Trinajstić information content (AvgIpc) is 2.40. The van der Waals surface area contributed by atoms with Gasteiger partial charge in [-0.3, -0.25) is 0 Å². The molecule has 0 heterocycles. The summed E-state index contributed by atoms with van der Waals surface area (Å²) in [5.41, 5.74) is 1.57. The van der Waals surface area contributed by atoms with Gasteiger partial charge in [0, 0.05) is 12.2 Å². The second kappa shape index (κ2) is 8.29. The summed E-state index contributed by atoms with van der Waals surface area (Å²) in [6.07, 6.45) is 3.23. The zero-order chi connectivity index (χ0) is 15.8. The molecule has 1 aromatic carbocycles. The van der Waals surface area contributed by atoms with E-state index in [1.54, 1.807) is 19.1 Å². The number of aryl methyl sites for hydroxylation is 1. The van der Waals surface area contributed by atoms with E-state index in [-0.39, 0.29) is 11.6 Å². The Morgan fingerprint density at radius 2 is 1.95 bits per heavy atom. The minimum Gasteiger partial charge on any atom is -0.478 e. The van der Waals surface area contributed by atoms with E-state index < -0.39 is 5.97 Å². The van der Waals surface area contributed by atoms with Crippen molar-refractivity contribution in [1.82, 2.24) is 5.32 Å². The minimum atomic E-state index is -0.973. The van der Waals surface area contributed by atoms with Gasteiger partial charge in [0.05, 0.1) is 5.56 Å². The van der Waals surface area contributed by atoms with Crippen LogP contribution in [0.2, 0.25) is 0 Å². The summed E-state index contributed by atoms with van der Waals surface area (Å²) in [5, 5.41) is 14.4. The maximum atomic E-state index is 11.7. The highest BCUT2D eigenvalue weighted by Gasteiger charge is 2.08. The molecule has 116 valence electrons. The zero-order valence-electron chi connectivity index (χ0n) is 12.9. The van der Waals surface area contributed by atoms with Crippen molar-refractivity contribution >= 4 is 17.7 Å². The van der Waals surface area contributed by atoms with Crippen LogP contribution in [0.25, 0.3) is 0 Å². The number of nitrogens with one attached hydrogen (secondary N) is 2. The third-order valence-corrected chi connectivity index (χ3v) is 3.22. The van der Waals surface area contributed by atoms with Gasteiger partial charge < -0.3 is 15.7 Å². The smallest absolute Gasteiger partial charge is 0.335 e. The second-order valence-electron chi connectivity index (χ2n) is 5.61. The summed E-state index contributed by atoms with van der Waals surface area (Å²) in [4.78, 5) is 22.6. The highest BCUT2D eigenvalue weighted by atomic mass is 16.4. The second-order valence-corrected chi connectivity index (χ2v) is 5.61. The van der Waals surface area contributed by atoms with Crippen LogP contribution in [0, 0.1) is 12.8 Å². The number of carboxylic acid groups (broad SMARTS) is 1. The van der Waals surface area contributed by atoms with Crippen LogP contribution in [0.1, 0.15) is 49.0 Å². The van der Waals surface area contributed by atoms with Gasteiger partial charge in [0.1, 0.15) is 0 Å². The molecular weight excluding hydrogens is 268 g/mol. The standard InChI is InChI=1S/C16H24N2O3/c1-11(2)6-4-5-9-17-16(21)18-14-8-7-13(15(19)20)10-12(14)3/h7-8,10-11H,4-6,9H2,1-3H3,(H,19,20)(H2,17,18,21). The topological polar surface area (TPSA) is 78.4 Å². The zero-order valence-corrected chi connectivity index (χ0v) is 12.9. The number of unbranched alkanes of at least 4 members (excludes halogenated alkanes) is 1. The summed E-state index contributed by atoms with van der Waals surface area (Å²) >= 11 is 0. The molecule has 0 aliphatic carbocycles. The summed E-state index contributed by atoms with van der Waals surface area (Å²) in [5.74, 6) is -0.284. The van der Waals surface area contributed by atoms with E-state index in [2.05, 4.69) is 24.5 Å². The Balaban J connectivity index is 2.39. The number of carbonyl (C=O) groups excluding carboxylic acids is 1. The molecule has 0 spiro atoms. The van der Waals surface area contributed by atoms with Crippen molar-refractivity contribution < 1.29 is 14.7 Å². The molecule has 0 saturated heterocycles. The lowest BCUT2D eigenvalue weighted by Crippen LogP contribution is -2.29. The number of carbonyl (C=O) groups is 2. The van der Waals surface area contributed by atoms with Gasteiger partial charge in [-0.15, -0.1) is 0 Å². The monoisotopic (exact) mass is 292 g/mol. The van der Waals surface area contributed by atoms with Gasteiger partial charge in [-0.05, 0) is 43.0 Å². The van der Waals surface area contributed by atoms with E-state index in [9.17, 15) is 9.59 Å². The third-order valence-electron chi connectivity index (χ3n) is 3.22. The van der Waals surface area contributed by atoms with Crippen LogP contribution in [0.15, 0.2) is 18.2 Å². The quantitative estimate of drug-likeness (QED) is 0.671. The highest BCUT2D eigenvalue weighted by molar-refractivity contribution is 5.92. The van der Waals surface area contributed by atoms with Crippen molar-refractivity contribution in [3.63, 3.8) is 0 Å². The van der Waals surface area contributed by atoms with Gasteiger partial charge in [-0.1, -0.05) is 26.7 Å². The Morgan fingerprint density at radius 1 is 1.24 bits per heavy atom. The van der Waals surface area contributed by atoms with Crippen LogP contribution in [-0.2, 0) is 0 Å². The molecule has 0 bridgehead atoms. The van der Waals surface area contributed by atoms with Crippen molar-refractivity contribution in [1.29, 1.82) is 0 Å². The number of urea groups is 1. The lowest BCUT2D eigenvalue weighted by molar-refractivity contribution is 0.0697. The van der Waals surface area contributed by atoms with Crippen molar-refractivity contribution in [2.75, 3.05) is 11.9 Å². The molecule has 0 atom stereocenters. The third kappa shape index (κ3) is 6.29. The van der Waals surface area contributed by atoms with Crippen LogP contribution in [0.3, 0.4) is 0 Å². The largest absolute Gasteiger partial charge is 0.478 e. The van der Waals surface area contributed by atoms with Crippen LogP contribution >= 0.6 is 0 Å². The molecule has 0 aliphatic heterocycles. The first kappa shape index (κ1) is 17.0. The SMILES string of the molecule is Cc1cc(C(=O)O)ccc1NC(=O)NCCCCC(C)C. The first-order chi connectivity index (χ1) is 9.90. The van der Waals surface area contributed by atoms with Crippen LogP contribution in [0.4, 0.5) is 10.5 Å². The fourth-order valence-electron chi connectivity index (χ4n) is 1.98. The molecule has 0 aliphatic rings. The van der Waals surface area contributed by atoms with E-state index in [1.165, 1.54) is 12.5 Å². The van der Waals surface area contributed by atoms with Crippen LogP contribution in [0.5, 0.6) is 0 Å². The molecule has 5 heteroatoms. The number of hydrogen-bond acceptors (Lipinski definition) is 2.